The summed E-state index contributed by atoms with van der Waals surface area (Å²) in [5.41, 5.74) is 0.787. The van der Waals surface area contributed by atoms with Crippen molar-refractivity contribution in [2.75, 3.05) is 25.0 Å². The molecule has 0 radical (unpaired) electrons. The number of furan rings is 1. The van der Waals surface area contributed by atoms with E-state index in [2.05, 4.69) is 20.9 Å². The van der Waals surface area contributed by atoms with E-state index in [9.17, 15) is 9.90 Å². The predicted molar refractivity (Wildman–Crippen MR) is 120 cm³/mol. The van der Waals surface area contributed by atoms with E-state index >= 15 is 0 Å². The van der Waals surface area contributed by atoms with Crippen molar-refractivity contribution in [3.63, 3.8) is 0 Å². The summed E-state index contributed by atoms with van der Waals surface area (Å²) in [6.07, 6.45) is 1.95. The highest BCUT2D eigenvalue weighted by Crippen LogP contribution is 2.31. The summed E-state index contributed by atoms with van der Waals surface area (Å²) in [5.74, 6) is 1.14. The zero-order valence-electron chi connectivity index (χ0n) is 16.1. The minimum atomic E-state index is -1.19. The molecule has 1 aliphatic rings. The topological polar surface area (TPSA) is 98.9 Å². The number of aliphatic hydroxyl groups is 1. The van der Waals surface area contributed by atoms with E-state index in [-0.39, 0.29) is 42.3 Å². The SMILES string of the molecule is CCNC(=NCC(C)(O)c1ccco1)NCC1CC(=O)Nc2ccccc21.I. The third-order valence-electron chi connectivity index (χ3n) is 4.56. The van der Waals surface area contributed by atoms with E-state index in [4.69, 9.17) is 4.42 Å². The van der Waals surface area contributed by atoms with Crippen LogP contribution in [-0.2, 0) is 10.4 Å². The number of aliphatic imine (C=N–C) groups is 1. The number of carbonyl (C=O) groups is 1. The zero-order valence-corrected chi connectivity index (χ0v) is 18.4. The van der Waals surface area contributed by atoms with Crippen molar-refractivity contribution < 1.29 is 14.3 Å². The van der Waals surface area contributed by atoms with E-state index < -0.39 is 5.60 Å². The van der Waals surface area contributed by atoms with Crippen LogP contribution in [0.5, 0.6) is 0 Å². The molecule has 0 bridgehead atoms. The molecule has 1 aromatic heterocycles. The molecule has 2 unspecified atom stereocenters. The summed E-state index contributed by atoms with van der Waals surface area (Å²) >= 11 is 0. The molecule has 2 heterocycles. The molecule has 152 valence electrons. The molecular weight excluding hydrogens is 471 g/mol. The summed E-state index contributed by atoms with van der Waals surface area (Å²) < 4.78 is 5.29. The molecule has 0 fully saturated rings. The fourth-order valence-corrected chi connectivity index (χ4v) is 3.14. The highest BCUT2D eigenvalue weighted by Gasteiger charge is 2.27. The number of carbonyl (C=O) groups excluding carboxylic acids is 1. The van der Waals surface area contributed by atoms with Crippen LogP contribution >= 0.6 is 24.0 Å². The number of rotatable bonds is 6. The Labute approximate surface area is 182 Å². The Bertz CT molecular complexity index is 806. The largest absolute Gasteiger partial charge is 0.466 e. The number of para-hydroxylation sites is 1. The molecule has 0 aliphatic carbocycles. The smallest absolute Gasteiger partial charge is 0.225 e. The highest BCUT2D eigenvalue weighted by atomic mass is 127. The highest BCUT2D eigenvalue weighted by molar-refractivity contribution is 14.0. The second kappa shape index (κ2) is 9.92. The molecule has 8 heteroatoms. The second-order valence-corrected chi connectivity index (χ2v) is 6.86. The van der Waals surface area contributed by atoms with Gasteiger partial charge in [-0.1, -0.05) is 18.2 Å². The molecule has 0 spiro atoms. The number of nitrogens with one attached hydrogen (secondary N) is 3. The number of amides is 1. The summed E-state index contributed by atoms with van der Waals surface area (Å²) in [7, 11) is 0. The second-order valence-electron chi connectivity index (χ2n) is 6.86. The minimum Gasteiger partial charge on any atom is -0.466 e. The number of anilines is 1. The number of hydrogen-bond donors (Lipinski definition) is 4. The molecule has 1 aliphatic heterocycles. The first-order valence-corrected chi connectivity index (χ1v) is 9.17. The van der Waals surface area contributed by atoms with E-state index in [0.717, 1.165) is 11.3 Å². The van der Waals surface area contributed by atoms with Gasteiger partial charge in [0, 0.05) is 31.1 Å². The monoisotopic (exact) mass is 498 g/mol. The number of guanidine groups is 1. The molecule has 3 rings (SSSR count). The first-order chi connectivity index (χ1) is 13.0. The van der Waals surface area contributed by atoms with Gasteiger partial charge < -0.3 is 25.5 Å². The van der Waals surface area contributed by atoms with Crippen LogP contribution in [0.1, 0.15) is 37.5 Å². The van der Waals surface area contributed by atoms with Gasteiger partial charge in [-0.2, -0.15) is 0 Å². The normalized spacial score (nSPS) is 18.3. The van der Waals surface area contributed by atoms with Gasteiger partial charge in [-0.05, 0) is 37.6 Å². The van der Waals surface area contributed by atoms with Crippen molar-refractivity contribution in [3.8, 4) is 0 Å². The lowest BCUT2D eigenvalue weighted by atomic mass is 9.90. The van der Waals surface area contributed by atoms with Crippen LogP contribution in [0.25, 0.3) is 0 Å². The Balaban J connectivity index is 0.00000280. The van der Waals surface area contributed by atoms with Gasteiger partial charge in [0.15, 0.2) is 5.96 Å². The van der Waals surface area contributed by atoms with Crippen LogP contribution in [0, 0.1) is 0 Å². The van der Waals surface area contributed by atoms with Gasteiger partial charge in [0.25, 0.3) is 0 Å². The lowest BCUT2D eigenvalue weighted by molar-refractivity contribution is -0.116. The maximum atomic E-state index is 12.0. The van der Waals surface area contributed by atoms with Crippen LogP contribution < -0.4 is 16.0 Å². The van der Waals surface area contributed by atoms with Gasteiger partial charge in [0.05, 0.1) is 12.8 Å². The molecule has 2 aromatic rings. The Morgan fingerprint density at radius 3 is 2.82 bits per heavy atom. The van der Waals surface area contributed by atoms with Gasteiger partial charge in [0.1, 0.15) is 11.4 Å². The molecule has 2 atom stereocenters. The number of benzene rings is 1. The van der Waals surface area contributed by atoms with Crippen LogP contribution in [0.2, 0.25) is 0 Å². The van der Waals surface area contributed by atoms with Crippen molar-refractivity contribution in [1.82, 2.24) is 10.6 Å². The Morgan fingerprint density at radius 2 is 2.11 bits per heavy atom. The molecule has 0 saturated carbocycles. The third kappa shape index (κ3) is 5.48. The maximum absolute atomic E-state index is 12.0. The Morgan fingerprint density at radius 1 is 1.32 bits per heavy atom. The van der Waals surface area contributed by atoms with E-state index in [0.29, 0.717) is 31.2 Å². The fourth-order valence-electron chi connectivity index (χ4n) is 3.14. The number of fused-ring (bicyclic) bond motifs is 1. The minimum absolute atomic E-state index is 0. The van der Waals surface area contributed by atoms with Crippen molar-refractivity contribution >= 4 is 41.5 Å². The molecule has 0 saturated heterocycles. The summed E-state index contributed by atoms with van der Waals surface area (Å²) in [5, 5.41) is 19.9. The molecule has 28 heavy (non-hydrogen) atoms. The standard InChI is InChI=1S/C20H26N4O3.HI/c1-3-21-19(23-13-20(2,26)17-9-6-10-27-17)22-12-14-11-18(25)24-16-8-5-4-7-15(14)16;/h4-10,14,26H,3,11-13H2,1-2H3,(H,24,25)(H2,21,22,23);1H. The number of halogens is 1. The molecule has 4 N–H and O–H groups in total. The van der Waals surface area contributed by atoms with Crippen LogP contribution in [0.3, 0.4) is 0 Å². The van der Waals surface area contributed by atoms with Gasteiger partial charge in [0.2, 0.25) is 5.91 Å². The van der Waals surface area contributed by atoms with Gasteiger partial charge in [-0.25, -0.2) is 4.99 Å². The summed E-state index contributed by atoms with van der Waals surface area (Å²) in [6.45, 7) is 5.05. The van der Waals surface area contributed by atoms with Gasteiger partial charge in [-0.3, -0.25) is 4.79 Å². The van der Waals surface area contributed by atoms with E-state index in [1.54, 1.807) is 19.1 Å². The quantitative estimate of drug-likeness (QED) is 0.279. The van der Waals surface area contributed by atoms with Crippen LogP contribution in [0.4, 0.5) is 5.69 Å². The van der Waals surface area contributed by atoms with Crippen LogP contribution in [-0.4, -0.2) is 36.6 Å². The summed E-state index contributed by atoms with van der Waals surface area (Å²) in [6, 6.07) is 11.3. The average molecular weight is 498 g/mol. The van der Waals surface area contributed by atoms with E-state index in [1.165, 1.54) is 6.26 Å². The Hall–Kier alpha value is -2.07. The first kappa shape index (κ1) is 22.2. The maximum Gasteiger partial charge on any atom is 0.225 e. The third-order valence-corrected chi connectivity index (χ3v) is 4.56. The van der Waals surface area contributed by atoms with Crippen molar-refractivity contribution in [1.29, 1.82) is 0 Å². The zero-order chi connectivity index (χ0) is 19.3. The average Bonchev–Trinajstić information content (AvgIpc) is 3.19. The van der Waals surface area contributed by atoms with Gasteiger partial charge >= 0.3 is 0 Å². The van der Waals surface area contributed by atoms with Crippen LogP contribution in [0.15, 0.2) is 52.1 Å². The van der Waals surface area contributed by atoms with Crippen molar-refractivity contribution in [3.05, 3.63) is 54.0 Å². The van der Waals surface area contributed by atoms with Crippen molar-refractivity contribution in [2.24, 2.45) is 4.99 Å². The predicted octanol–water partition coefficient (Wildman–Crippen LogP) is 2.79. The Kier molecular flexibility index (Phi) is 7.88. The number of hydrogen-bond acceptors (Lipinski definition) is 4. The fraction of sp³-hybridized carbons (Fsp3) is 0.400. The lowest BCUT2D eigenvalue weighted by Crippen LogP contribution is -2.41. The molecular formula is C20H27IN4O3. The summed E-state index contributed by atoms with van der Waals surface area (Å²) in [4.78, 5) is 16.5. The molecule has 1 aromatic carbocycles. The molecule has 7 nitrogen and oxygen atoms in total. The van der Waals surface area contributed by atoms with Gasteiger partial charge in [-0.15, -0.1) is 24.0 Å². The number of nitrogens with zero attached hydrogens (tertiary/aromatic N) is 1. The van der Waals surface area contributed by atoms with E-state index in [1.807, 2.05) is 31.2 Å². The van der Waals surface area contributed by atoms with Crippen molar-refractivity contribution in [2.45, 2.75) is 31.8 Å². The molecule has 1 amide bonds. The first-order valence-electron chi connectivity index (χ1n) is 9.17. The lowest BCUT2D eigenvalue weighted by Gasteiger charge is -2.26.